The Hall–Kier alpha value is -3.48. The van der Waals surface area contributed by atoms with Gasteiger partial charge in [0.25, 0.3) is 5.91 Å². The third-order valence-corrected chi connectivity index (χ3v) is 6.26. The Morgan fingerprint density at radius 2 is 1.94 bits per heavy atom. The highest BCUT2D eigenvalue weighted by molar-refractivity contribution is 5.95. The number of carbonyl (C=O) groups excluding carboxylic acids is 1. The number of hydrogen-bond donors (Lipinski definition) is 2. The van der Waals surface area contributed by atoms with Gasteiger partial charge in [0.15, 0.2) is 5.82 Å². The smallest absolute Gasteiger partial charge is 0.251 e. The van der Waals surface area contributed by atoms with E-state index in [4.69, 9.17) is 4.98 Å². The fourth-order valence-electron chi connectivity index (χ4n) is 4.22. The van der Waals surface area contributed by atoms with Gasteiger partial charge in [0, 0.05) is 36.0 Å². The van der Waals surface area contributed by atoms with Crippen molar-refractivity contribution in [3.8, 4) is 11.4 Å². The highest BCUT2D eigenvalue weighted by Crippen LogP contribution is 2.45. The molecule has 2 N–H and O–H groups in total. The number of rotatable bonds is 6. The lowest BCUT2D eigenvalue weighted by Crippen LogP contribution is -2.25. The van der Waals surface area contributed by atoms with Gasteiger partial charge in [-0.2, -0.15) is 10.2 Å². The van der Waals surface area contributed by atoms with Crippen molar-refractivity contribution in [1.82, 2.24) is 30.3 Å². The molecule has 7 heteroatoms. The van der Waals surface area contributed by atoms with Crippen molar-refractivity contribution in [2.24, 2.45) is 7.05 Å². The van der Waals surface area contributed by atoms with Gasteiger partial charge in [0.1, 0.15) is 5.82 Å². The molecule has 0 atom stereocenters. The Morgan fingerprint density at radius 1 is 1.13 bits per heavy atom. The van der Waals surface area contributed by atoms with E-state index in [1.807, 2.05) is 42.2 Å². The fraction of sp³-hybridized carbons (Fsp3) is 0.333. The standard InChI is InChI=1S/C24H24N6O/c1-30-21(12-17-8-11-20-19(13-25-28-20)22(17)14-2-3-14)27-23(29-30)15-4-6-16(7-5-15)24(31)26-18-9-10-18/h4-8,11,13-14,18H,2-3,9-10,12H2,1H3,(H,25,28)(H,26,31). The average Bonchev–Trinajstić information content (AvgIpc) is 3.70. The largest absolute Gasteiger partial charge is 0.349 e. The minimum absolute atomic E-state index is 0.00837. The molecule has 7 nitrogen and oxygen atoms in total. The van der Waals surface area contributed by atoms with Crippen molar-refractivity contribution in [1.29, 1.82) is 0 Å². The monoisotopic (exact) mass is 412 g/mol. The zero-order chi connectivity index (χ0) is 20.9. The molecule has 0 spiro atoms. The first-order chi connectivity index (χ1) is 15.2. The van der Waals surface area contributed by atoms with Crippen LogP contribution in [0.5, 0.6) is 0 Å². The van der Waals surface area contributed by atoms with Gasteiger partial charge in [0.05, 0.1) is 11.7 Å². The lowest BCUT2D eigenvalue weighted by atomic mass is 9.97. The lowest BCUT2D eigenvalue weighted by Gasteiger charge is -2.09. The number of carbonyl (C=O) groups is 1. The van der Waals surface area contributed by atoms with Gasteiger partial charge < -0.3 is 5.32 Å². The highest BCUT2D eigenvalue weighted by Gasteiger charge is 2.29. The van der Waals surface area contributed by atoms with Crippen molar-refractivity contribution < 1.29 is 4.79 Å². The molecule has 2 fully saturated rings. The lowest BCUT2D eigenvalue weighted by molar-refractivity contribution is 0.0951. The van der Waals surface area contributed by atoms with Crippen LogP contribution in [0, 0.1) is 0 Å². The summed E-state index contributed by atoms with van der Waals surface area (Å²) in [6, 6.07) is 12.2. The number of hydrogen-bond acceptors (Lipinski definition) is 4. The van der Waals surface area contributed by atoms with E-state index >= 15 is 0 Å². The van der Waals surface area contributed by atoms with Crippen LogP contribution in [0.2, 0.25) is 0 Å². The molecule has 1 amide bonds. The number of aryl methyl sites for hydroxylation is 1. The number of aromatic nitrogens is 5. The second-order valence-electron chi connectivity index (χ2n) is 8.72. The summed E-state index contributed by atoms with van der Waals surface area (Å²) in [5.74, 6) is 2.23. The molecular formula is C24H24N6O. The van der Waals surface area contributed by atoms with Gasteiger partial charge in [-0.15, -0.1) is 0 Å². The van der Waals surface area contributed by atoms with Crippen LogP contribution in [0.1, 0.15) is 58.9 Å². The number of benzene rings is 2. The summed E-state index contributed by atoms with van der Waals surface area (Å²) in [5, 5.41) is 16.2. The van der Waals surface area contributed by atoms with Crippen molar-refractivity contribution in [3.05, 3.63) is 65.1 Å². The van der Waals surface area contributed by atoms with Crippen LogP contribution < -0.4 is 5.32 Å². The summed E-state index contributed by atoms with van der Waals surface area (Å²) >= 11 is 0. The predicted molar refractivity (Wildman–Crippen MR) is 118 cm³/mol. The molecule has 31 heavy (non-hydrogen) atoms. The molecule has 0 bridgehead atoms. The Balaban J connectivity index is 1.27. The van der Waals surface area contributed by atoms with Crippen molar-refractivity contribution >= 4 is 16.8 Å². The Kier molecular flexibility index (Phi) is 4.16. The van der Waals surface area contributed by atoms with E-state index in [-0.39, 0.29) is 5.91 Å². The second kappa shape index (κ2) is 7.04. The Morgan fingerprint density at radius 3 is 2.68 bits per heavy atom. The molecule has 6 rings (SSSR count). The SMILES string of the molecule is Cn1nc(-c2ccc(C(=O)NC3CC3)cc2)nc1Cc1ccc2[nH]ncc2c1C1CC1. The number of fused-ring (bicyclic) bond motifs is 1. The van der Waals surface area contributed by atoms with Gasteiger partial charge in [-0.3, -0.25) is 14.6 Å². The first-order valence-corrected chi connectivity index (χ1v) is 10.9. The van der Waals surface area contributed by atoms with Gasteiger partial charge >= 0.3 is 0 Å². The number of nitrogens with zero attached hydrogens (tertiary/aromatic N) is 4. The van der Waals surface area contributed by atoms with Crippen LogP contribution in [-0.4, -0.2) is 36.9 Å². The molecule has 2 saturated carbocycles. The summed E-state index contributed by atoms with van der Waals surface area (Å²) in [7, 11) is 1.94. The van der Waals surface area contributed by atoms with Gasteiger partial charge in [-0.05, 0) is 60.9 Å². The van der Waals surface area contributed by atoms with Crippen LogP contribution in [0.4, 0.5) is 0 Å². The summed E-state index contributed by atoms with van der Waals surface area (Å²) in [4.78, 5) is 17.0. The van der Waals surface area contributed by atoms with E-state index in [9.17, 15) is 4.79 Å². The fourth-order valence-corrected chi connectivity index (χ4v) is 4.22. The summed E-state index contributed by atoms with van der Waals surface area (Å²) in [6.45, 7) is 0. The van der Waals surface area contributed by atoms with E-state index in [1.165, 1.54) is 29.4 Å². The summed E-state index contributed by atoms with van der Waals surface area (Å²) < 4.78 is 1.86. The molecule has 156 valence electrons. The molecular weight excluding hydrogens is 388 g/mol. The molecule has 4 aromatic rings. The second-order valence-corrected chi connectivity index (χ2v) is 8.72. The highest BCUT2D eigenvalue weighted by atomic mass is 16.1. The van der Waals surface area contributed by atoms with E-state index in [1.54, 1.807) is 0 Å². The number of nitrogens with one attached hydrogen (secondary N) is 2. The van der Waals surface area contributed by atoms with Crippen LogP contribution >= 0.6 is 0 Å². The van der Waals surface area contributed by atoms with Gasteiger partial charge in [-0.25, -0.2) is 4.98 Å². The quantitative estimate of drug-likeness (QED) is 0.505. The van der Waals surface area contributed by atoms with Crippen molar-refractivity contribution in [2.45, 2.75) is 44.1 Å². The van der Waals surface area contributed by atoms with E-state index < -0.39 is 0 Å². The van der Waals surface area contributed by atoms with Gasteiger partial charge in [-0.1, -0.05) is 18.2 Å². The topological polar surface area (TPSA) is 88.5 Å². The molecule has 2 aliphatic rings. The Bertz CT molecular complexity index is 1280. The first-order valence-electron chi connectivity index (χ1n) is 10.9. The molecule has 2 heterocycles. The molecule has 2 aromatic heterocycles. The van der Waals surface area contributed by atoms with Crippen LogP contribution in [-0.2, 0) is 13.5 Å². The average molecular weight is 412 g/mol. The third-order valence-electron chi connectivity index (χ3n) is 6.26. The van der Waals surface area contributed by atoms with Crippen LogP contribution in [0.15, 0.2) is 42.6 Å². The maximum absolute atomic E-state index is 12.2. The Labute approximate surface area is 179 Å². The molecule has 0 unspecified atom stereocenters. The molecule has 2 aromatic carbocycles. The number of aromatic amines is 1. The van der Waals surface area contributed by atoms with E-state index in [2.05, 4.69) is 32.7 Å². The maximum atomic E-state index is 12.2. The third kappa shape index (κ3) is 3.50. The van der Waals surface area contributed by atoms with E-state index in [0.717, 1.165) is 36.2 Å². The molecule has 0 radical (unpaired) electrons. The molecule has 2 aliphatic carbocycles. The van der Waals surface area contributed by atoms with Crippen molar-refractivity contribution in [2.75, 3.05) is 0 Å². The molecule has 0 saturated heterocycles. The minimum Gasteiger partial charge on any atom is -0.349 e. The zero-order valence-corrected chi connectivity index (χ0v) is 17.4. The minimum atomic E-state index is -0.00837. The van der Waals surface area contributed by atoms with Crippen LogP contribution in [0.25, 0.3) is 22.3 Å². The normalized spacial score (nSPS) is 16.0. The summed E-state index contributed by atoms with van der Waals surface area (Å²) in [5.41, 5.74) is 5.38. The van der Waals surface area contributed by atoms with E-state index in [0.29, 0.717) is 23.3 Å². The number of H-pyrrole nitrogens is 1. The van der Waals surface area contributed by atoms with Gasteiger partial charge in [0.2, 0.25) is 0 Å². The zero-order valence-electron chi connectivity index (χ0n) is 17.4. The van der Waals surface area contributed by atoms with Crippen LogP contribution in [0.3, 0.4) is 0 Å². The predicted octanol–water partition coefficient (Wildman–Crippen LogP) is 3.72. The molecule has 0 aliphatic heterocycles. The van der Waals surface area contributed by atoms with Crippen molar-refractivity contribution in [3.63, 3.8) is 0 Å². The number of amides is 1. The summed E-state index contributed by atoms with van der Waals surface area (Å²) in [6.07, 6.45) is 7.32. The maximum Gasteiger partial charge on any atom is 0.251 e. The first kappa shape index (κ1) is 18.3.